The SMILES string of the molecule is CCC(Br)c1nnc(CS(C)(=O)=O)s1. The number of halogens is 1. The van der Waals surface area contributed by atoms with Gasteiger partial charge in [0.15, 0.2) is 9.84 Å². The first kappa shape index (κ1) is 12.1. The van der Waals surface area contributed by atoms with Crippen molar-refractivity contribution in [2.45, 2.75) is 23.9 Å². The molecule has 0 saturated carbocycles. The van der Waals surface area contributed by atoms with Gasteiger partial charge in [0, 0.05) is 6.26 Å². The van der Waals surface area contributed by atoms with Crippen LogP contribution in [0.1, 0.15) is 28.2 Å². The lowest BCUT2D eigenvalue weighted by molar-refractivity contribution is 0.600. The van der Waals surface area contributed by atoms with Crippen LogP contribution in [0.15, 0.2) is 0 Å². The van der Waals surface area contributed by atoms with Crippen molar-refractivity contribution in [2.24, 2.45) is 0 Å². The van der Waals surface area contributed by atoms with E-state index in [1.807, 2.05) is 6.92 Å². The van der Waals surface area contributed by atoms with Crippen molar-refractivity contribution in [1.29, 1.82) is 0 Å². The van der Waals surface area contributed by atoms with Crippen molar-refractivity contribution < 1.29 is 8.42 Å². The van der Waals surface area contributed by atoms with Crippen molar-refractivity contribution in [3.05, 3.63) is 10.0 Å². The number of hydrogen-bond donors (Lipinski definition) is 0. The topological polar surface area (TPSA) is 59.9 Å². The van der Waals surface area contributed by atoms with Crippen LogP contribution in [0.5, 0.6) is 0 Å². The molecule has 0 N–H and O–H groups in total. The Bertz CT molecular complexity index is 402. The highest BCUT2D eigenvalue weighted by molar-refractivity contribution is 9.09. The largest absolute Gasteiger partial charge is 0.229 e. The maximum atomic E-state index is 11.0. The molecular weight excluding hydrogens is 288 g/mol. The summed E-state index contributed by atoms with van der Waals surface area (Å²) in [5.74, 6) is -0.0197. The van der Waals surface area contributed by atoms with Crippen LogP contribution in [-0.2, 0) is 15.6 Å². The molecule has 0 amide bonds. The molecule has 1 aromatic rings. The molecule has 1 unspecified atom stereocenters. The van der Waals surface area contributed by atoms with Gasteiger partial charge in [0.2, 0.25) is 0 Å². The van der Waals surface area contributed by atoms with Crippen LogP contribution < -0.4 is 0 Å². The third-order valence-corrected chi connectivity index (χ3v) is 4.90. The van der Waals surface area contributed by atoms with E-state index < -0.39 is 9.84 Å². The molecule has 1 rings (SSSR count). The Balaban J connectivity index is 2.79. The lowest BCUT2D eigenvalue weighted by atomic mass is 10.4. The number of rotatable bonds is 4. The fourth-order valence-electron chi connectivity index (χ4n) is 0.850. The van der Waals surface area contributed by atoms with Gasteiger partial charge in [0.1, 0.15) is 15.8 Å². The third-order valence-electron chi connectivity index (χ3n) is 1.49. The molecule has 1 atom stereocenters. The van der Waals surface area contributed by atoms with E-state index in [2.05, 4.69) is 26.1 Å². The Kier molecular flexibility index (Phi) is 4.03. The fourth-order valence-corrected chi connectivity index (χ4v) is 3.31. The Hall–Kier alpha value is -0.0100. The van der Waals surface area contributed by atoms with Crippen molar-refractivity contribution in [3.8, 4) is 0 Å². The van der Waals surface area contributed by atoms with Crippen LogP contribution in [-0.4, -0.2) is 24.9 Å². The highest BCUT2D eigenvalue weighted by Crippen LogP contribution is 2.28. The first-order chi connectivity index (χ1) is 6.42. The van der Waals surface area contributed by atoms with Crippen molar-refractivity contribution in [1.82, 2.24) is 10.2 Å². The van der Waals surface area contributed by atoms with E-state index in [1.54, 1.807) is 0 Å². The second-order valence-electron chi connectivity index (χ2n) is 2.98. The van der Waals surface area contributed by atoms with E-state index in [1.165, 1.54) is 17.6 Å². The highest BCUT2D eigenvalue weighted by Gasteiger charge is 2.14. The van der Waals surface area contributed by atoms with E-state index in [0.29, 0.717) is 5.01 Å². The van der Waals surface area contributed by atoms with Gasteiger partial charge in [0.25, 0.3) is 0 Å². The Morgan fingerprint density at radius 3 is 2.64 bits per heavy atom. The van der Waals surface area contributed by atoms with Crippen LogP contribution in [0.2, 0.25) is 0 Å². The molecule has 1 heterocycles. The van der Waals surface area contributed by atoms with Crippen LogP contribution in [0, 0.1) is 0 Å². The summed E-state index contributed by atoms with van der Waals surface area (Å²) >= 11 is 4.78. The molecule has 4 nitrogen and oxygen atoms in total. The molecule has 0 aliphatic heterocycles. The first-order valence-corrected chi connectivity index (χ1v) is 7.85. The minimum absolute atomic E-state index is 0.0197. The molecule has 0 bridgehead atoms. The molecule has 14 heavy (non-hydrogen) atoms. The molecule has 7 heteroatoms. The zero-order valence-electron chi connectivity index (χ0n) is 7.90. The maximum absolute atomic E-state index is 11.0. The van der Waals surface area contributed by atoms with Gasteiger partial charge in [-0.05, 0) is 6.42 Å². The summed E-state index contributed by atoms with van der Waals surface area (Å²) in [6.07, 6.45) is 2.10. The third kappa shape index (κ3) is 3.62. The predicted octanol–water partition coefficient (Wildman–Crippen LogP) is 1.93. The summed E-state index contributed by atoms with van der Waals surface area (Å²) in [5, 5.41) is 9.15. The molecule has 0 radical (unpaired) electrons. The molecule has 0 fully saturated rings. The number of aromatic nitrogens is 2. The minimum atomic E-state index is -3.00. The van der Waals surface area contributed by atoms with Gasteiger partial charge in [-0.3, -0.25) is 0 Å². The molecule has 1 aromatic heterocycles. The van der Waals surface area contributed by atoms with Crippen LogP contribution in [0.4, 0.5) is 0 Å². The monoisotopic (exact) mass is 298 g/mol. The van der Waals surface area contributed by atoms with Crippen LogP contribution in [0.3, 0.4) is 0 Å². The summed E-state index contributed by atoms with van der Waals surface area (Å²) in [7, 11) is -3.00. The van der Waals surface area contributed by atoms with Crippen molar-refractivity contribution in [2.75, 3.05) is 6.26 Å². The summed E-state index contributed by atoms with van der Waals surface area (Å²) < 4.78 is 22.0. The second kappa shape index (κ2) is 4.67. The second-order valence-corrected chi connectivity index (χ2v) is 7.32. The summed E-state index contributed by atoms with van der Waals surface area (Å²) in [6, 6.07) is 0. The molecule has 80 valence electrons. The summed E-state index contributed by atoms with van der Waals surface area (Å²) in [5.41, 5.74) is 0. The van der Waals surface area contributed by atoms with E-state index >= 15 is 0 Å². The van der Waals surface area contributed by atoms with Gasteiger partial charge in [-0.2, -0.15) is 0 Å². The van der Waals surface area contributed by atoms with E-state index in [-0.39, 0.29) is 10.6 Å². The Morgan fingerprint density at radius 2 is 2.14 bits per heavy atom. The molecule has 0 saturated heterocycles. The van der Waals surface area contributed by atoms with Crippen molar-refractivity contribution in [3.63, 3.8) is 0 Å². The standard InChI is InChI=1S/C7H11BrN2O2S2/c1-3-5(8)7-10-9-6(13-7)4-14(2,11)12/h5H,3-4H2,1-2H3. The fraction of sp³-hybridized carbons (Fsp3) is 0.714. The molecule has 0 aromatic carbocycles. The maximum Gasteiger partial charge on any atom is 0.154 e. The normalized spacial score (nSPS) is 14.2. The molecule has 0 aliphatic rings. The molecule has 0 spiro atoms. The first-order valence-electron chi connectivity index (χ1n) is 4.06. The number of sulfone groups is 1. The van der Waals surface area contributed by atoms with Crippen LogP contribution in [0.25, 0.3) is 0 Å². The number of alkyl halides is 1. The zero-order chi connectivity index (χ0) is 10.8. The van der Waals surface area contributed by atoms with E-state index in [9.17, 15) is 8.42 Å². The van der Waals surface area contributed by atoms with Gasteiger partial charge in [-0.15, -0.1) is 10.2 Å². The quantitative estimate of drug-likeness (QED) is 0.797. The van der Waals surface area contributed by atoms with Crippen molar-refractivity contribution >= 4 is 37.1 Å². The van der Waals surface area contributed by atoms with E-state index in [0.717, 1.165) is 11.4 Å². The minimum Gasteiger partial charge on any atom is -0.229 e. The van der Waals surface area contributed by atoms with Crippen LogP contribution >= 0.6 is 27.3 Å². The highest BCUT2D eigenvalue weighted by atomic mass is 79.9. The predicted molar refractivity (Wildman–Crippen MR) is 60.4 cm³/mol. The molecule has 0 aliphatic carbocycles. The van der Waals surface area contributed by atoms with Gasteiger partial charge in [-0.1, -0.05) is 34.2 Å². The Labute approximate surface area is 95.8 Å². The average Bonchev–Trinajstić information content (AvgIpc) is 2.48. The average molecular weight is 299 g/mol. The molecular formula is C7H11BrN2O2S2. The lowest BCUT2D eigenvalue weighted by Gasteiger charge is -1.97. The van der Waals surface area contributed by atoms with Gasteiger partial charge in [0.05, 0.1) is 4.83 Å². The zero-order valence-corrected chi connectivity index (χ0v) is 11.1. The van der Waals surface area contributed by atoms with Gasteiger partial charge < -0.3 is 0 Å². The van der Waals surface area contributed by atoms with Gasteiger partial charge in [-0.25, -0.2) is 8.42 Å². The lowest BCUT2D eigenvalue weighted by Crippen LogP contribution is -1.99. The van der Waals surface area contributed by atoms with E-state index in [4.69, 9.17) is 0 Å². The van der Waals surface area contributed by atoms with Gasteiger partial charge >= 0.3 is 0 Å². The smallest absolute Gasteiger partial charge is 0.154 e. The number of nitrogens with zero attached hydrogens (tertiary/aromatic N) is 2. The number of hydrogen-bond acceptors (Lipinski definition) is 5. The summed E-state index contributed by atoms with van der Waals surface area (Å²) in [4.78, 5) is 0.174. The Morgan fingerprint density at radius 1 is 1.50 bits per heavy atom. The summed E-state index contributed by atoms with van der Waals surface area (Å²) in [6.45, 7) is 2.02.